The summed E-state index contributed by atoms with van der Waals surface area (Å²) < 4.78 is 0. The van der Waals surface area contributed by atoms with Crippen LogP contribution in [0.25, 0.3) is 33.2 Å². The minimum atomic E-state index is -2.09. The van der Waals surface area contributed by atoms with E-state index < -0.39 is 16.1 Å². The molecule has 4 aromatic rings. The van der Waals surface area contributed by atoms with Crippen LogP contribution < -0.4 is 10.4 Å². The molecule has 0 aliphatic carbocycles. The molecular weight excluding hydrogens is 815 g/mol. The third-order valence-electron chi connectivity index (χ3n) is 10.4. The maximum atomic E-state index is 13.2. The summed E-state index contributed by atoms with van der Waals surface area (Å²) >= 11 is 0. The van der Waals surface area contributed by atoms with E-state index in [1.807, 2.05) is 33.9 Å². The molecule has 49 heavy (non-hydrogen) atoms. The standard InChI is InChI=1S/C29H30NOSi2.C13H24O2.Ir/c1-19(2)25-16-23(15-22-9-7-8-10-24(22)25)26-17-21(13-14-30-26)20-11-12-27-28(18-20)33(5,6)29(31)32(27,3)4;1-5-10(6-2)12(14)9-13(15)11(7-3)8-4;/h7-14,16-19H,1-6H3;9-11,14H,5-8H2,1-4H3;/q-1;;/b;12-9-;. The topological polar surface area (TPSA) is 67.3 Å². The number of hydrogen-bond acceptors (Lipinski definition) is 4. The molecule has 5 rings (SSSR count). The molecule has 1 aromatic heterocycles. The van der Waals surface area contributed by atoms with Crippen molar-refractivity contribution in [3.63, 3.8) is 0 Å². The number of hydrogen-bond donors (Lipinski definition) is 1. The third kappa shape index (κ3) is 8.50. The molecule has 3 aromatic carbocycles. The Balaban J connectivity index is 0.000000347. The Labute approximate surface area is 310 Å². The van der Waals surface area contributed by atoms with E-state index in [0.29, 0.717) is 10.9 Å². The summed E-state index contributed by atoms with van der Waals surface area (Å²) in [7, 11) is -4.12. The molecule has 0 saturated carbocycles. The summed E-state index contributed by atoms with van der Waals surface area (Å²) in [6, 6.07) is 25.3. The van der Waals surface area contributed by atoms with Crippen molar-refractivity contribution in [3.8, 4) is 22.4 Å². The van der Waals surface area contributed by atoms with Gasteiger partial charge in [0.2, 0.25) is 0 Å². The number of benzene rings is 3. The molecule has 7 heteroatoms. The van der Waals surface area contributed by atoms with Crippen LogP contribution in [0.5, 0.6) is 0 Å². The summed E-state index contributed by atoms with van der Waals surface area (Å²) in [5.74, 6) is 0.964. The van der Waals surface area contributed by atoms with Gasteiger partial charge in [-0.2, -0.15) is 0 Å². The number of carbonyl (C=O) groups is 2. The number of aliphatic hydroxyl groups is 1. The van der Waals surface area contributed by atoms with Gasteiger partial charge in [-0.1, -0.05) is 132 Å². The monoisotopic (exact) mass is 869 g/mol. The van der Waals surface area contributed by atoms with Crippen LogP contribution in [0.3, 0.4) is 0 Å². The molecule has 0 unspecified atom stereocenters. The minimum Gasteiger partial charge on any atom is -0.512 e. The summed E-state index contributed by atoms with van der Waals surface area (Å²) in [6.07, 6.45) is 6.80. The maximum absolute atomic E-state index is 13.2. The Bertz CT molecular complexity index is 1820. The average molecular weight is 869 g/mol. The molecule has 1 aliphatic rings. The third-order valence-corrected chi connectivity index (χ3v) is 20.2. The smallest absolute Gasteiger partial charge is 0.162 e. The molecule has 0 atom stereocenters. The van der Waals surface area contributed by atoms with Crippen LogP contribution in [-0.4, -0.2) is 37.1 Å². The van der Waals surface area contributed by atoms with Crippen molar-refractivity contribution in [2.24, 2.45) is 11.8 Å². The van der Waals surface area contributed by atoms with E-state index in [0.717, 1.165) is 47.9 Å². The Morgan fingerprint density at radius 1 is 0.816 bits per heavy atom. The van der Waals surface area contributed by atoms with E-state index in [9.17, 15) is 14.7 Å². The fourth-order valence-electron chi connectivity index (χ4n) is 7.22. The van der Waals surface area contributed by atoms with E-state index in [2.05, 4.69) is 107 Å². The largest absolute Gasteiger partial charge is 0.512 e. The molecular formula is C42H54IrNO3Si2-. The van der Waals surface area contributed by atoms with Crippen molar-refractivity contribution in [1.82, 2.24) is 4.98 Å². The average Bonchev–Trinajstić information content (AvgIpc) is 3.21. The van der Waals surface area contributed by atoms with Gasteiger partial charge in [-0.05, 0) is 48.8 Å². The summed E-state index contributed by atoms with van der Waals surface area (Å²) in [5.41, 5.74) is 5.59. The predicted octanol–water partition coefficient (Wildman–Crippen LogP) is 10.5. The molecule has 4 nitrogen and oxygen atoms in total. The van der Waals surface area contributed by atoms with Crippen molar-refractivity contribution in [2.75, 3.05) is 0 Å². The first-order chi connectivity index (χ1) is 22.7. The van der Waals surface area contributed by atoms with E-state index in [1.54, 1.807) is 0 Å². The first kappa shape index (κ1) is 40.5. The van der Waals surface area contributed by atoms with Gasteiger partial charge in [0, 0.05) is 49.9 Å². The van der Waals surface area contributed by atoms with E-state index in [4.69, 9.17) is 4.98 Å². The van der Waals surface area contributed by atoms with Crippen molar-refractivity contribution in [2.45, 2.75) is 99.3 Å². The number of allylic oxidation sites excluding steroid dienone is 2. The number of carbonyl (C=O) groups excluding carboxylic acids is 2. The van der Waals surface area contributed by atoms with Crippen LogP contribution >= 0.6 is 0 Å². The number of nitrogens with zero attached hydrogens (tertiary/aromatic N) is 1. The van der Waals surface area contributed by atoms with E-state index in [-0.39, 0.29) is 43.5 Å². The van der Waals surface area contributed by atoms with Crippen LogP contribution in [0, 0.1) is 17.9 Å². The first-order valence-electron chi connectivity index (χ1n) is 17.8. The van der Waals surface area contributed by atoms with Crippen molar-refractivity contribution < 1.29 is 34.8 Å². The van der Waals surface area contributed by atoms with E-state index >= 15 is 0 Å². The van der Waals surface area contributed by atoms with Gasteiger partial charge in [0.15, 0.2) is 21.9 Å². The van der Waals surface area contributed by atoms with Gasteiger partial charge in [-0.3, -0.25) is 9.78 Å². The van der Waals surface area contributed by atoms with Gasteiger partial charge in [-0.15, -0.1) is 29.1 Å². The van der Waals surface area contributed by atoms with Gasteiger partial charge in [0.05, 0.1) is 5.76 Å². The normalized spacial score (nSPS) is 14.9. The second-order valence-corrected chi connectivity index (χ2v) is 23.6. The van der Waals surface area contributed by atoms with Crippen LogP contribution in [0.2, 0.25) is 26.2 Å². The predicted molar refractivity (Wildman–Crippen MR) is 209 cm³/mol. The Morgan fingerprint density at radius 2 is 1.41 bits per heavy atom. The van der Waals surface area contributed by atoms with Crippen molar-refractivity contribution in [1.29, 1.82) is 0 Å². The number of rotatable bonds is 10. The SMILES string of the molecule is CC(C)c1cc(-c2cc(-c3ccc4c(c3)[Si](C)(C)C(=O)[Si]4(C)C)ccn2)[c-]c2ccccc12.CCC(CC)C(=O)/C=C(\O)C(CC)CC.[Ir]. The number of ketones is 1. The fourth-order valence-corrected chi connectivity index (χ4v) is 19.2. The maximum Gasteiger partial charge on any atom is 0.162 e. The number of fused-ring (bicyclic) bond motifs is 2. The van der Waals surface area contributed by atoms with Crippen molar-refractivity contribution >= 4 is 48.1 Å². The molecule has 2 heterocycles. The summed E-state index contributed by atoms with van der Waals surface area (Å²) in [6.45, 7) is 21.4. The summed E-state index contributed by atoms with van der Waals surface area (Å²) in [5, 5.41) is 15.4. The Kier molecular flexibility index (Phi) is 13.9. The molecule has 1 aliphatic heterocycles. The molecule has 1 radical (unpaired) electrons. The van der Waals surface area contributed by atoms with Crippen LogP contribution in [-0.2, 0) is 24.9 Å². The van der Waals surface area contributed by atoms with Crippen LogP contribution in [0.1, 0.15) is 78.7 Å². The van der Waals surface area contributed by atoms with Gasteiger partial charge in [0.25, 0.3) is 0 Å². The fraction of sp³-hybridized carbons (Fsp3) is 0.405. The van der Waals surface area contributed by atoms with Gasteiger partial charge >= 0.3 is 0 Å². The number of aliphatic hydroxyl groups excluding tert-OH is 1. The quantitative estimate of drug-likeness (QED) is 0.0746. The molecule has 0 fully saturated rings. The van der Waals surface area contributed by atoms with Crippen LogP contribution in [0.4, 0.5) is 4.79 Å². The first-order valence-corrected chi connectivity index (χ1v) is 23.8. The Hall–Kier alpha value is -2.97. The number of pyridine rings is 1. The second-order valence-electron chi connectivity index (χ2n) is 14.6. The molecule has 0 bridgehead atoms. The van der Waals surface area contributed by atoms with Crippen LogP contribution in [0.15, 0.2) is 78.7 Å². The second kappa shape index (κ2) is 16.8. The molecule has 0 amide bonds. The zero-order valence-electron chi connectivity index (χ0n) is 31.0. The number of aromatic nitrogens is 1. The minimum absolute atomic E-state index is 0. The van der Waals surface area contributed by atoms with Gasteiger partial charge in [-0.25, -0.2) is 0 Å². The zero-order valence-corrected chi connectivity index (χ0v) is 35.4. The molecule has 263 valence electrons. The van der Waals surface area contributed by atoms with E-state index in [1.165, 1.54) is 33.0 Å². The Morgan fingerprint density at radius 3 is 2.02 bits per heavy atom. The molecule has 1 N–H and O–H groups in total. The van der Waals surface area contributed by atoms with Gasteiger partial charge < -0.3 is 9.90 Å². The summed E-state index contributed by atoms with van der Waals surface area (Å²) in [4.78, 5) is 29.6. The molecule has 0 saturated heterocycles. The zero-order chi connectivity index (χ0) is 35.4. The van der Waals surface area contributed by atoms with Crippen molar-refractivity contribution in [3.05, 3.63) is 90.3 Å². The van der Waals surface area contributed by atoms with Gasteiger partial charge in [0.1, 0.15) is 5.03 Å². The molecule has 0 spiro atoms.